The van der Waals surface area contributed by atoms with Gasteiger partial charge >= 0.3 is 24.7 Å². The molecule has 20 rings (SSSR count). The lowest BCUT2D eigenvalue weighted by atomic mass is 9.91. The molecule has 684 valence electrons. The Labute approximate surface area is 781 Å². The maximum atomic E-state index is 16.8. The Balaban J connectivity index is 0.000000178. The van der Waals surface area contributed by atoms with Crippen LogP contribution in [0.5, 0.6) is 0 Å². The topological polar surface area (TPSA) is 69.3 Å². The molecule has 0 atom stereocenters. The van der Waals surface area contributed by atoms with Crippen molar-refractivity contribution in [1.29, 1.82) is 10.5 Å². The molecule has 0 saturated carbocycles. The zero-order valence-electron chi connectivity index (χ0n) is 71.5. The summed E-state index contributed by atoms with van der Waals surface area (Å²) in [6.07, 6.45) is -19.2. The van der Waals surface area contributed by atoms with Gasteiger partial charge in [0.25, 0.3) is 0 Å². The van der Waals surface area contributed by atoms with E-state index in [2.05, 4.69) is 9.69 Å². The second-order valence-corrected chi connectivity index (χ2v) is 32.5. The van der Waals surface area contributed by atoms with Crippen molar-refractivity contribution in [3.8, 4) is 56.6 Å². The molecule has 0 bridgehead atoms. The van der Waals surface area contributed by atoms with Crippen LogP contribution in [0.3, 0.4) is 0 Å². The predicted octanol–water partition coefficient (Wildman–Crippen LogP) is 35.7. The van der Waals surface area contributed by atoms with Gasteiger partial charge in [-0.25, -0.2) is 44.8 Å². The van der Waals surface area contributed by atoms with Crippen LogP contribution in [-0.2, 0) is 24.7 Å². The summed E-state index contributed by atoms with van der Waals surface area (Å²) in [6.45, 7) is 15.0. The highest BCUT2D eigenvalue weighted by Gasteiger charge is 2.39. The van der Waals surface area contributed by atoms with E-state index in [9.17, 15) is 63.2 Å². The molecule has 0 aliphatic rings. The van der Waals surface area contributed by atoms with Gasteiger partial charge in [0.05, 0.1) is 104 Å². The van der Waals surface area contributed by atoms with E-state index in [1.165, 1.54) is 129 Å². The molecule has 20 aromatic rings. The first-order valence-electron chi connectivity index (χ1n) is 42.3. The summed E-state index contributed by atoms with van der Waals surface area (Å²) in [7, 11) is 0. The van der Waals surface area contributed by atoms with E-state index in [0.717, 1.165) is 109 Å². The highest BCUT2D eigenvalue weighted by Crippen LogP contribution is 2.55. The van der Waals surface area contributed by atoms with Crippen molar-refractivity contribution in [1.82, 2.24) is 0 Å². The van der Waals surface area contributed by atoms with Gasteiger partial charge < -0.3 is 19.6 Å². The fourth-order valence-corrected chi connectivity index (χ4v) is 18.0. The molecular weight excluding hydrogens is 1840 g/mol. The zero-order chi connectivity index (χ0) is 98.4. The third kappa shape index (κ3) is 16.7. The number of anilines is 12. The summed E-state index contributed by atoms with van der Waals surface area (Å²) in [6, 6.07) is 78.8. The molecule has 0 fully saturated rings. The van der Waals surface area contributed by atoms with Crippen LogP contribution in [0, 0.1) is 82.3 Å². The van der Waals surface area contributed by atoms with Gasteiger partial charge in [-0.3, -0.25) is 0 Å². The molecule has 0 unspecified atom stereocenters. The van der Waals surface area contributed by atoms with Crippen molar-refractivity contribution in [3.63, 3.8) is 0 Å². The molecule has 8 nitrogen and oxygen atoms in total. The summed E-state index contributed by atoms with van der Waals surface area (Å²) < 4.78 is 299. The summed E-state index contributed by atoms with van der Waals surface area (Å²) in [5.74, 6) is -8.46. The molecule has 0 amide bonds. The lowest BCUT2D eigenvalue weighted by Gasteiger charge is -2.30. The van der Waals surface area contributed by atoms with E-state index in [4.69, 9.17) is 13.1 Å². The van der Waals surface area contributed by atoms with Gasteiger partial charge in [0.2, 0.25) is 0 Å². The second-order valence-electron chi connectivity index (χ2n) is 32.5. The standard InChI is InChI=1S/2C56H28F10N4/c1-68-38-14-18-40(19-15-38)70(52-29-46(58)44(27-48(52)60)35-5-3-7-37(25-35)56(64,65)66)50-23-13-33-10-20-41-49(22-12-32-11-21-42(50)54(33)53(32)41)69(39-16-8-31(30-67)9-17-39)51-28-45(57)43(26-47(51)59)34-4-2-6-36(24-34)55(61,62)63;1-68-34-16-20-36(21-17-34)70(52-29-46(58)42(27-48(52)60)38-7-3-5-9-44(38)56(64,65)66)50-25-15-33-12-22-39-49(24-14-32-13-23-40(50)54(33)53(32)39)69(35-18-10-31(30-67)11-19-35)51-28-45(57)41(26-47(51)59)37-6-2-4-8-43(37)55(61,62)63/h2*2-29H. The SMILES string of the molecule is [C-]#[N+]c1ccc(N(c2cc(F)c(-c3cccc(C(F)(F)F)c3)cc2F)c2ccc3ccc4c(N(c5ccc(C#N)cc5)c5cc(F)c(-c6cccc(C(F)(F)F)c6)cc5F)ccc5ccc2c3c54)cc1.[C-]#[N+]c1ccc(N(c2cc(F)c(-c3ccccc3C(F)(F)F)cc2F)c2ccc3ccc4c(N(c5ccc(C#N)cc5)c5cc(F)c(-c6ccccc6C(F)(F)F)cc5F)ccc5ccc2c3c54)cc1. The van der Waals surface area contributed by atoms with Gasteiger partial charge in [-0.15, -0.1) is 0 Å². The first-order valence-corrected chi connectivity index (χ1v) is 42.3. The van der Waals surface area contributed by atoms with Crippen LogP contribution in [-0.4, -0.2) is 0 Å². The van der Waals surface area contributed by atoms with Crippen LogP contribution in [0.25, 0.3) is 119 Å². The molecule has 0 saturated heterocycles. The Hall–Kier alpha value is -17.8. The monoisotopic (exact) mass is 1890 g/mol. The number of benzene rings is 20. The van der Waals surface area contributed by atoms with Gasteiger partial charge in [0.1, 0.15) is 46.5 Å². The molecule has 0 aromatic heterocycles. The Bertz CT molecular complexity index is 8050. The Morgan fingerprint density at radius 2 is 0.486 bits per heavy atom. The largest absolute Gasteiger partial charge is 0.417 e. The number of hydrogen-bond donors (Lipinski definition) is 0. The van der Waals surface area contributed by atoms with Gasteiger partial charge in [0.15, 0.2) is 11.4 Å². The minimum atomic E-state index is -4.88. The molecular formula is C112H56F20N8. The minimum Gasteiger partial charge on any atom is -0.307 e. The number of rotatable bonds is 16. The van der Waals surface area contributed by atoms with Crippen LogP contribution >= 0.6 is 0 Å². The zero-order valence-corrected chi connectivity index (χ0v) is 71.5. The second kappa shape index (κ2) is 35.5. The van der Waals surface area contributed by atoms with E-state index in [1.807, 2.05) is 12.1 Å². The molecule has 0 spiro atoms. The maximum absolute atomic E-state index is 16.8. The summed E-state index contributed by atoms with van der Waals surface area (Å²) >= 11 is 0. The molecule has 28 heteroatoms. The van der Waals surface area contributed by atoms with Crippen LogP contribution in [0.15, 0.2) is 340 Å². The van der Waals surface area contributed by atoms with Crippen LogP contribution < -0.4 is 19.6 Å². The highest BCUT2D eigenvalue weighted by molar-refractivity contribution is 6.30. The molecule has 0 N–H and O–H groups in total. The minimum absolute atomic E-state index is 0.200. The first kappa shape index (κ1) is 91.4. The predicted molar refractivity (Wildman–Crippen MR) is 502 cm³/mol. The Morgan fingerprint density at radius 1 is 0.229 bits per heavy atom. The number of nitriles is 2. The van der Waals surface area contributed by atoms with E-state index in [-0.39, 0.29) is 79.1 Å². The average Bonchev–Trinajstić information content (AvgIpc) is 0.716. The maximum Gasteiger partial charge on any atom is 0.417 e. The Kier molecular flexibility index (Phi) is 23.2. The van der Waals surface area contributed by atoms with E-state index in [0.29, 0.717) is 99.5 Å². The van der Waals surface area contributed by atoms with Crippen molar-refractivity contribution in [2.45, 2.75) is 24.7 Å². The number of alkyl halides is 12. The van der Waals surface area contributed by atoms with Crippen LogP contribution in [0.2, 0.25) is 0 Å². The van der Waals surface area contributed by atoms with Crippen molar-refractivity contribution in [2.75, 3.05) is 19.6 Å². The van der Waals surface area contributed by atoms with Gasteiger partial charge in [-0.1, -0.05) is 158 Å². The lowest BCUT2D eigenvalue weighted by Crippen LogP contribution is -2.14. The van der Waals surface area contributed by atoms with E-state index < -0.39 is 127 Å². The van der Waals surface area contributed by atoms with Crippen molar-refractivity contribution in [2.24, 2.45) is 0 Å². The molecule has 20 aromatic carbocycles. The molecule has 0 aliphatic heterocycles. The number of halogens is 20. The average molecular weight is 1890 g/mol. The summed E-state index contributed by atoms with van der Waals surface area (Å²) in [5, 5.41) is 26.3. The fraction of sp³-hybridized carbons (Fsp3) is 0.0357. The van der Waals surface area contributed by atoms with Crippen molar-refractivity contribution < 1.29 is 87.8 Å². The first-order chi connectivity index (χ1) is 67.1. The molecule has 0 heterocycles. The fourth-order valence-electron chi connectivity index (χ4n) is 18.0. The van der Waals surface area contributed by atoms with Crippen LogP contribution in [0.4, 0.5) is 167 Å². The van der Waals surface area contributed by atoms with Crippen molar-refractivity contribution in [3.05, 3.63) is 442 Å². The van der Waals surface area contributed by atoms with E-state index in [1.54, 1.807) is 109 Å². The van der Waals surface area contributed by atoms with E-state index >= 15 is 35.1 Å². The Morgan fingerprint density at radius 3 is 0.750 bits per heavy atom. The lowest BCUT2D eigenvalue weighted by molar-refractivity contribution is -0.138. The molecule has 140 heavy (non-hydrogen) atoms. The molecule has 0 radical (unpaired) electrons. The van der Waals surface area contributed by atoms with Gasteiger partial charge in [-0.05, 0) is 223 Å². The summed E-state index contributed by atoms with van der Waals surface area (Å²) in [5.41, 5.74) is -6.03. The quantitative estimate of drug-likeness (QED) is 0.0545. The van der Waals surface area contributed by atoms with Gasteiger partial charge in [-0.2, -0.15) is 63.2 Å². The molecule has 0 aliphatic carbocycles. The summed E-state index contributed by atoms with van der Waals surface area (Å²) in [4.78, 5) is 12.5. The smallest absolute Gasteiger partial charge is 0.307 e. The van der Waals surface area contributed by atoms with Gasteiger partial charge in [0, 0.05) is 90.8 Å². The third-order valence-corrected chi connectivity index (χ3v) is 24.3. The number of nitrogens with zero attached hydrogens (tertiary/aromatic N) is 8. The normalized spacial score (nSPS) is 11.8. The van der Waals surface area contributed by atoms with Crippen molar-refractivity contribution >= 4 is 144 Å². The third-order valence-electron chi connectivity index (χ3n) is 24.3. The number of hydrogen-bond acceptors (Lipinski definition) is 6. The van der Waals surface area contributed by atoms with Crippen LogP contribution in [0.1, 0.15) is 33.4 Å². The highest BCUT2D eigenvalue weighted by atomic mass is 19.4.